The highest BCUT2D eigenvalue weighted by atomic mass is 32.2. The summed E-state index contributed by atoms with van der Waals surface area (Å²) in [6.45, 7) is 3.12. The summed E-state index contributed by atoms with van der Waals surface area (Å²) in [6, 6.07) is -0.670. The number of sulfonamides is 1. The van der Waals surface area contributed by atoms with E-state index >= 15 is 0 Å². The third kappa shape index (κ3) is 1.50. The Labute approximate surface area is 93.3 Å². The Bertz CT molecular complexity index is 466. The van der Waals surface area contributed by atoms with Gasteiger partial charge in [-0.05, 0) is 20.3 Å². The quantitative estimate of drug-likeness (QED) is 0.720. The van der Waals surface area contributed by atoms with Crippen molar-refractivity contribution in [2.75, 3.05) is 5.75 Å². The molecule has 0 spiro atoms. The van der Waals surface area contributed by atoms with Gasteiger partial charge in [0.2, 0.25) is 15.9 Å². The van der Waals surface area contributed by atoms with Crippen LogP contribution in [0, 0.1) is 11.3 Å². The Hall–Kier alpha value is -1.11. The zero-order valence-electron chi connectivity index (χ0n) is 9.00. The molecule has 2 fully saturated rings. The zero-order chi connectivity index (χ0) is 12.3. The van der Waals surface area contributed by atoms with E-state index < -0.39 is 39.3 Å². The first-order chi connectivity index (χ1) is 7.17. The smallest absolute Gasteiger partial charge is 0.308 e. The maximum absolute atomic E-state index is 11.8. The lowest BCUT2D eigenvalue weighted by Crippen LogP contribution is -2.36. The molecule has 1 amide bonds. The maximum atomic E-state index is 11.8. The maximum Gasteiger partial charge on any atom is 0.308 e. The molecule has 2 atom stereocenters. The molecule has 1 aliphatic heterocycles. The Kier molecular flexibility index (Phi) is 2.11. The summed E-state index contributed by atoms with van der Waals surface area (Å²) in [6.07, 6.45) is 0.233. The first-order valence-electron chi connectivity index (χ1n) is 4.96. The predicted octanol–water partition coefficient (Wildman–Crippen LogP) is -0.342. The number of carboxylic acid groups (broad SMARTS) is 1. The molecule has 2 rings (SSSR count). The zero-order valence-corrected chi connectivity index (χ0v) is 9.82. The van der Waals surface area contributed by atoms with Gasteiger partial charge in [-0.15, -0.1) is 0 Å². The minimum absolute atomic E-state index is 0.233. The van der Waals surface area contributed by atoms with E-state index in [1.54, 1.807) is 13.8 Å². The second kappa shape index (κ2) is 2.97. The minimum Gasteiger partial charge on any atom is -0.481 e. The molecule has 1 saturated carbocycles. The summed E-state index contributed by atoms with van der Waals surface area (Å²) < 4.78 is 24.3. The van der Waals surface area contributed by atoms with E-state index in [0.29, 0.717) is 0 Å². The monoisotopic (exact) mass is 247 g/mol. The van der Waals surface area contributed by atoms with Crippen LogP contribution in [-0.2, 0) is 19.6 Å². The molecule has 2 unspecified atom stereocenters. The van der Waals surface area contributed by atoms with Gasteiger partial charge >= 0.3 is 5.97 Å². The molecule has 0 radical (unpaired) electrons. The fourth-order valence-electron chi connectivity index (χ4n) is 2.07. The van der Waals surface area contributed by atoms with Crippen LogP contribution >= 0.6 is 0 Å². The molecule has 0 bridgehead atoms. The minimum atomic E-state index is -3.63. The number of aliphatic carboxylic acids is 1. The number of amides is 1. The second-order valence-electron chi connectivity index (χ2n) is 4.99. The summed E-state index contributed by atoms with van der Waals surface area (Å²) in [5, 5.41) is 8.74. The Morgan fingerprint density at radius 2 is 2.06 bits per heavy atom. The van der Waals surface area contributed by atoms with Gasteiger partial charge < -0.3 is 5.11 Å². The van der Waals surface area contributed by atoms with E-state index in [1.807, 2.05) is 0 Å². The second-order valence-corrected chi connectivity index (χ2v) is 6.83. The lowest BCUT2D eigenvalue weighted by Gasteiger charge is -2.16. The van der Waals surface area contributed by atoms with Crippen LogP contribution in [0.25, 0.3) is 0 Å². The van der Waals surface area contributed by atoms with Crippen LogP contribution in [0.3, 0.4) is 0 Å². The molecule has 1 saturated heterocycles. The fraction of sp³-hybridized carbons (Fsp3) is 0.778. The predicted molar refractivity (Wildman–Crippen MR) is 53.9 cm³/mol. The number of nitrogens with zero attached hydrogens (tertiary/aromatic N) is 1. The van der Waals surface area contributed by atoms with Crippen LogP contribution < -0.4 is 0 Å². The van der Waals surface area contributed by atoms with E-state index in [9.17, 15) is 18.0 Å². The molecular weight excluding hydrogens is 234 g/mol. The summed E-state index contributed by atoms with van der Waals surface area (Å²) in [4.78, 5) is 22.5. The molecule has 0 aromatic rings. The van der Waals surface area contributed by atoms with Gasteiger partial charge in [0.1, 0.15) is 0 Å². The Balaban J connectivity index is 2.30. The number of carbonyl (C=O) groups is 2. The van der Waals surface area contributed by atoms with Crippen molar-refractivity contribution in [2.24, 2.45) is 11.3 Å². The van der Waals surface area contributed by atoms with E-state index in [1.165, 1.54) is 0 Å². The standard InChI is InChI=1S/C9H13NO5S/c1-9(2)4-16(14,15)10(8(9)13)6-3-5(6)7(11)12/h5-6H,3-4H2,1-2H3,(H,11,12). The lowest BCUT2D eigenvalue weighted by atomic mass is 9.95. The van der Waals surface area contributed by atoms with Crippen molar-refractivity contribution in [2.45, 2.75) is 26.3 Å². The number of hydrogen-bond acceptors (Lipinski definition) is 4. The largest absolute Gasteiger partial charge is 0.481 e. The van der Waals surface area contributed by atoms with Crippen molar-refractivity contribution in [3.63, 3.8) is 0 Å². The van der Waals surface area contributed by atoms with Crippen LogP contribution in [0.2, 0.25) is 0 Å². The van der Waals surface area contributed by atoms with Gasteiger partial charge in [0, 0.05) is 0 Å². The van der Waals surface area contributed by atoms with E-state index in [2.05, 4.69) is 0 Å². The van der Waals surface area contributed by atoms with Gasteiger partial charge in [-0.3, -0.25) is 9.59 Å². The first kappa shape index (κ1) is 11.4. The van der Waals surface area contributed by atoms with Crippen molar-refractivity contribution in [3.8, 4) is 0 Å². The van der Waals surface area contributed by atoms with Crippen LogP contribution in [-0.4, -0.2) is 41.5 Å². The van der Waals surface area contributed by atoms with Gasteiger partial charge in [-0.1, -0.05) is 0 Å². The van der Waals surface area contributed by atoms with Crippen molar-refractivity contribution in [3.05, 3.63) is 0 Å². The van der Waals surface area contributed by atoms with Crippen molar-refractivity contribution in [1.82, 2.24) is 4.31 Å². The summed E-state index contributed by atoms with van der Waals surface area (Å²) in [7, 11) is -3.63. The molecular formula is C9H13NO5S. The normalized spacial score (nSPS) is 35.1. The lowest BCUT2D eigenvalue weighted by molar-refractivity contribution is -0.139. The number of hydrogen-bond donors (Lipinski definition) is 1. The molecule has 1 N–H and O–H groups in total. The van der Waals surface area contributed by atoms with Crippen LogP contribution in [0.5, 0.6) is 0 Å². The first-order valence-corrected chi connectivity index (χ1v) is 6.57. The van der Waals surface area contributed by atoms with Gasteiger partial charge in [0.05, 0.1) is 23.1 Å². The number of rotatable bonds is 2. The summed E-state index contributed by atoms with van der Waals surface area (Å²) in [5.74, 6) is -2.49. The van der Waals surface area contributed by atoms with E-state index in [4.69, 9.17) is 5.11 Å². The summed E-state index contributed by atoms with van der Waals surface area (Å²) >= 11 is 0. The van der Waals surface area contributed by atoms with Crippen LogP contribution in [0.4, 0.5) is 0 Å². The molecule has 90 valence electrons. The number of carbonyl (C=O) groups excluding carboxylic acids is 1. The third-order valence-electron chi connectivity index (χ3n) is 3.00. The van der Waals surface area contributed by atoms with Crippen LogP contribution in [0.1, 0.15) is 20.3 Å². The fourth-order valence-corrected chi connectivity index (χ4v) is 4.39. The highest BCUT2D eigenvalue weighted by Gasteiger charge is 2.59. The van der Waals surface area contributed by atoms with Gasteiger partial charge in [-0.2, -0.15) is 0 Å². The van der Waals surface area contributed by atoms with Crippen LogP contribution in [0.15, 0.2) is 0 Å². The molecule has 1 heterocycles. The van der Waals surface area contributed by atoms with E-state index in [-0.39, 0.29) is 12.2 Å². The highest BCUT2D eigenvalue weighted by molar-refractivity contribution is 7.90. The SMILES string of the molecule is CC1(C)CS(=O)(=O)N(C2CC2C(=O)O)C1=O. The topological polar surface area (TPSA) is 91.8 Å². The van der Waals surface area contributed by atoms with Crippen molar-refractivity contribution >= 4 is 21.9 Å². The molecule has 1 aliphatic carbocycles. The Morgan fingerprint density at radius 1 is 1.50 bits per heavy atom. The average Bonchev–Trinajstić information content (AvgIpc) is 2.77. The average molecular weight is 247 g/mol. The Morgan fingerprint density at radius 3 is 2.38 bits per heavy atom. The van der Waals surface area contributed by atoms with Gasteiger partial charge in [0.25, 0.3) is 0 Å². The molecule has 6 nitrogen and oxygen atoms in total. The molecule has 2 aliphatic rings. The van der Waals surface area contributed by atoms with Gasteiger partial charge in [0.15, 0.2) is 0 Å². The molecule has 0 aromatic heterocycles. The third-order valence-corrected chi connectivity index (χ3v) is 5.12. The van der Waals surface area contributed by atoms with Crippen molar-refractivity contribution < 1.29 is 23.1 Å². The number of carboxylic acids is 1. The molecule has 16 heavy (non-hydrogen) atoms. The highest BCUT2D eigenvalue weighted by Crippen LogP contribution is 2.44. The molecule has 7 heteroatoms. The summed E-state index contributed by atoms with van der Waals surface area (Å²) in [5.41, 5.74) is -0.940. The van der Waals surface area contributed by atoms with Gasteiger partial charge in [-0.25, -0.2) is 12.7 Å². The van der Waals surface area contributed by atoms with E-state index in [0.717, 1.165) is 4.31 Å². The molecule has 0 aromatic carbocycles. The van der Waals surface area contributed by atoms with Crippen molar-refractivity contribution in [1.29, 1.82) is 0 Å².